The van der Waals surface area contributed by atoms with Crippen LogP contribution in [0.2, 0.25) is 0 Å². The van der Waals surface area contributed by atoms with Crippen LogP contribution in [0.5, 0.6) is 0 Å². The zero-order chi connectivity index (χ0) is 15.2. The van der Waals surface area contributed by atoms with Crippen molar-refractivity contribution in [2.75, 3.05) is 5.32 Å². The van der Waals surface area contributed by atoms with E-state index in [1.165, 1.54) is 13.3 Å². The van der Waals surface area contributed by atoms with Crippen LogP contribution in [-0.4, -0.2) is 17.5 Å². The zero-order valence-electron chi connectivity index (χ0n) is 12.5. The Hall–Kier alpha value is -2.17. The summed E-state index contributed by atoms with van der Waals surface area (Å²) >= 11 is 0. The van der Waals surface area contributed by atoms with E-state index in [1.807, 2.05) is 0 Å². The van der Waals surface area contributed by atoms with Gasteiger partial charge in [0.05, 0.1) is 0 Å². The molecule has 0 aliphatic heterocycles. The van der Waals surface area contributed by atoms with Crippen molar-refractivity contribution in [2.45, 2.75) is 39.5 Å². The van der Waals surface area contributed by atoms with E-state index in [1.54, 1.807) is 24.3 Å². The Labute approximate surface area is 124 Å². The van der Waals surface area contributed by atoms with E-state index >= 15 is 0 Å². The van der Waals surface area contributed by atoms with Gasteiger partial charge in [0, 0.05) is 23.9 Å². The van der Waals surface area contributed by atoms with E-state index in [2.05, 4.69) is 22.8 Å². The van der Waals surface area contributed by atoms with Crippen molar-refractivity contribution in [3.63, 3.8) is 0 Å². The van der Waals surface area contributed by atoms with Crippen molar-refractivity contribution in [1.82, 2.24) is 5.43 Å². The van der Waals surface area contributed by atoms with Gasteiger partial charge in [-0.05, 0) is 55.9 Å². The van der Waals surface area contributed by atoms with E-state index in [4.69, 9.17) is 0 Å². The van der Waals surface area contributed by atoms with Gasteiger partial charge in [-0.15, -0.1) is 0 Å². The molecule has 0 saturated heterocycles. The van der Waals surface area contributed by atoms with Crippen LogP contribution in [0, 0.1) is 5.92 Å². The molecule has 0 heterocycles. The van der Waals surface area contributed by atoms with Crippen molar-refractivity contribution in [3.05, 3.63) is 29.8 Å². The number of carbonyl (C=O) groups excluding carboxylic acids is 2. The largest absolute Gasteiger partial charge is 0.326 e. The molecule has 1 aliphatic rings. The van der Waals surface area contributed by atoms with Crippen LogP contribution in [0.1, 0.15) is 49.9 Å². The van der Waals surface area contributed by atoms with Crippen LogP contribution in [0.4, 0.5) is 5.69 Å². The highest BCUT2D eigenvalue weighted by molar-refractivity contribution is 5.96. The van der Waals surface area contributed by atoms with E-state index in [0.29, 0.717) is 17.2 Å². The third kappa shape index (κ3) is 4.70. The second-order valence-corrected chi connectivity index (χ2v) is 5.58. The number of anilines is 1. The Morgan fingerprint density at radius 3 is 2.57 bits per heavy atom. The number of carbonyl (C=O) groups is 2. The molecule has 2 amide bonds. The van der Waals surface area contributed by atoms with Crippen molar-refractivity contribution in [3.8, 4) is 0 Å². The summed E-state index contributed by atoms with van der Waals surface area (Å²) in [6, 6.07) is 6.74. The minimum Gasteiger partial charge on any atom is -0.326 e. The lowest BCUT2D eigenvalue weighted by Crippen LogP contribution is -2.22. The first kappa shape index (κ1) is 15.2. The molecule has 0 spiro atoms. The minimum atomic E-state index is -0.227. The predicted molar refractivity (Wildman–Crippen MR) is 83.3 cm³/mol. The molecule has 0 aromatic heterocycles. The number of rotatable bonds is 3. The lowest BCUT2D eigenvalue weighted by molar-refractivity contribution is -0.114. The molecule has 1 saturated carbocycles. The van der Waals surface area contributed by atoms with Gasteiger partial charge in [-0.25, -0.2) is 5.43 Å². The first-order valence-corrected chi connectivity index (χ1v) is 7.28. The van der Waals surface area contributed by atoms with Crippen LogP contribution >= 0.6 is 0 Å². The predicted octanol–water partition coefficient (Wildman–Crippen LogP) is 2.94. The van der Waals surface area contributed by atoms with Gasteiger partial charge < -0.3 is 5.32 Å². The molecule has 5 nitrogen and oxygen atoms in total. The maximum atomic E-state index is 12.0. The number of amides is 2. The van der Waals surface area contributed by atoms with E-state index in [-0.39, 0.29) is 11.8 Å². The Bertz CT molecular complexity index is 549. The molecule has 0 bridgehead atoms. The second-order valence-electron chi connectivity index (χ2n) is 5.58. The number of nitrogens with one attached hydrogen (secondary N) is 2. The smallest absolute Gasteiger partial charge is 0.271 e. The van der Waals surface area contributed by atoms with Crippen LogP contribution < -0.4 is 10.7 Å². The highest BCUT2D eigenvalue weighted by Gasteiger charge is 2.14. The van der Waals surface area contributed by atoms with E-state index in [9.17, 15) is 9.59 Å². The lowest BCUT2D eigenvalue weighted by atomic mass is 9.89. The molecule has 1 aromatic carbocycles. The summed E-state index contributed by atoms with van der Waals surface area (Å²) in [5.74, 6) is 0.284. The van der Waals surface area contributed by atoms with Crippen LogP contribution in [0.15, 0.2) is 29.4 Å². The Morgan fingerprint density at radius 1 is 1.24 bits per heavy atom. The lowest BCUT2D eigenvalue weighted by Gasteiger charge is -2.18. The fraction of sp³-hybridized carbons (Fsp3) is 0.438. The minimum absolute atomic E-state index is 0.134. The maximum absolute atomic E-state index is 12.0. The van der Waals surface area contributed by atoms with Crippen molar-refractivity contribution in [2.24, 2.45) is 11.0 Å². The van der Waals surface area contributed by atoms with Gasteiger partial charge in [-0.2, -0.15) is 5.10 Å². The number of hydrogen-bond donors (Lipinski definition) is 2. The van der Waals surface area contributed by atoms with Gasteiger partial charge in [0.2, 0.25) is 5.91 Å². The molecule has 1 aliphatic carbocycles. The average Bonchev–Trinajstić information content (AvgIpc) is 2.45. The third-order valence-corrected chi connectivity index (χ3v) is 3.53. The summed E-state index contributed by atoms with van der Waals surface area (Å²) in [6.45, 7) is 3.65. The number of nitrogens with zero attached hydrogens (tertiary/aromatic N) is 1. The molecule has 5 heteroatoms. The van der Waals surface area contributed by atoms with Crippen LogP contribution in [-0.2, 0) is 4.79 Å². The molecule has 1 atom stereocenters. The number of hydrogen-bond acceptors (Lipinski definition) is 3. The summed E-state index contributed by atoms with van der Waals surface area (Å²) in [5.41, 5.74) is 4.88. The maximum Gasteiger partial charge on any atom is 0.271 e. The fourth-order valence-corrected chi connectivity index (χ4v) is 2.47. The van der Waals surface area contributed by atoms with Gasteiger partial charge in [0.15, 0.2) is 0 Å². The summed E-state index contributed by atoms with van der Waals surface area (Å²) in [6.07, 6.45) is 4.30. The molecular formula is C16H21N3O2. The zero-order valence-corrected chi connectivity index (χ0v) is 12.5. The normalized spacial score (nSPS) is 20.1. The molecule has 1 aromatic rings. The highest BCUT2D eigenvalue weighted by Crippen LogP contribution is 2.21. The Balaban J connectivity index is 1.93. The third-order valence-electron chi connectivity index (χ3n) is 3.53. The van der Waals surface area contributed by atoms with Gasteiger partial charge in [0.25, 0.3) is 5.91 Å². The summed E-state index contributed by atoms with van der Waals surface area (Å²) in [5, 5.41) is 6.89. The summed E-state index contributed by atoms with van der Waals surface area (Å²) < 4.78 is 0. The monoisotopic (exact) mass is 287 g/mol. The first-order chi connectivity index (χ1) is 10.0. The SMILES string of the molecule is CC(=O)Nc1ccc(C(=O)NN=C2CCC[C@@H](C)C2)cc1. The quantitative estimate of drug-likeness (QED) is 0.839. The standard InChI is InChI=1S/C16H21N3O2/c1-11-4-3-5-15(10-11)18-19-16(21)13-6-8-14(9-7-13)17-12(2)20/h6-9,11H,3-5,10H2,1-2H3,(H,17,20)(H,19,21)/t11-/m1/s1. The van der Waals surface area contributed by atoms with Crippen molar-refractivity contribution >= 4 is 23.2 Å². The molecule has 2 N–H and O–H groups in total. The molecule has 1 fully saturated rings. The number of benzene rings is 1. The molecule has 2 rings (SSSR count). The second kappa shape index (κ2) is 7.02. The molecule has 0 unspecified atom stereocenters. The van der Waals surface area contributed by atoms with Crippen LogP contribution in [0.3, 0.4) is 0 Å². The van der Waals surface area contributed by atoms with Gasteiger partial charge >= 0.3 is 0 Å². The Morgan fingerprint density at radius 2 is 1.95 bits per heavy atom. The molecule has 0 radical (unpaired) electrons. The topological polar surface area (TPSA) is 70.6 Å². The average molecular weight is 287 g/mol. The first-order valence-electron chi connectivity index (χ1n) is 7.28. The van der Waals surface area contributed by atoms with E-state index in [0.717, 1.165) is 25.0 Å². The van der Waals surface area contributed by atoms with Crippen LogP contribution in [0.25, 0.3) is 0 Å². The molecular weight excluding hydrogens is 266 g/mol. The molecule has 21 heavy (non-hydrogen) atoms. The molecule has 112 valence electrons. The Kier molecular flexibility index (Phi) is 5.09. The van der Waals surface area contributed by atoms with Crippen molar-refractivity contribution < 1.29 is 9.59 Å². The van der Waals surface area contributed by atoms with Crippen molar-refractivity contribution in [1.29, 1.82) is 0 Å². The number of hydrazone groups is 1. The summed E-state index contributed by atoms with van der Waals surface area (Å²) in [4.78, 5) is 22.9. The van der Waals surface area contributed by atoms with Gasteiger partial charge in [0.1, 0.15) is 0 Å². The highest BCUT2D eigenvalue weighted by atomic mass is 16.2. The van der Waals surface area contributed by atoms with E-state index < -0.39 is 0 Å². The van der Waals surface area contributed by atoms with Gasteiger partial charge in [-0.1, -0.05) is 6.92 Å². The van der Waals surface area contributed by atoms with Gasteiger partial charge in [-0.3, -0.25) is 9.59 Å². The summed E-state index contributed by atoms with van der Waals surface area (Å²) in [7, 11) is 0. The fourth-order valence-electron chi connectivity index (χ4n) is 2.47.